The number of guanidine groups is 1. The molecular weight excluding hydrogens is 395 g/mol. The van der Waals surface area contributed by atoms with E-state index in [1.165, 1.54) is 37.6 Å². The van der Waals surface area contributed by atoms with Gasteiger partial charge in [0.15, 0.2) is 5.96 Å². The Hall–Kier alpha value is -2.66. The Labute approximate surface area is 161 Å². The van der Waals surface area contributed by atoms with Gasteiger partial charge in [-0.1, -0.05) is 12.1 Å². The molecule has 0 aliphatic rings. The second kappa shape index (κ2) is 9.51. The second-order valence-corrected chi connectivity index (χ2v) is 7.40. The number of nitrogens with one attached hydrogen (secondary N) is 3. The summed E-state index contributed by atoms with van der Waals surface area (Å²) in [5.41, 5.74) is -0.283. The van der Waals surface area contributed by atoms with Crippen LogP contribution in [0.5, 0.6) is 0 Å². The van der Waals surface area contributed by atoms with Gasteiger partial charge in [0.2, 0.25) is 10.0 Å². The van der Waals surface area contributed by atoms with Crippen molar-refractivity contribution in [2.75, 3.05) is 20.1 Å². The third kappa shape index (κ3) is 6.50. The van der Waals surface area contributed by atoms with Crippen molar-refractivity contribution in [3.8, 4) is 0 Å². The maximum Gasteiger partial charge on any atom is 0.416 e. The van der Waals surface area contributed by atoms with Crippen LogP contribution < -0.4 is 15.4 Å². The van der Waals surface area contributed by atoms with E-state index in [1.807, 2.05) is 0 Å². The molecule has 2 rings (SSSR count). The summed E-state index contributed by atoms with van der Waals surface area (Å²) in [6, 6.07) is 7.92. The van der Waals surface area contributed by atoms with E-state index in [1.54, 1.807) is 6.07 Å². The molecule has 0 aliphatic heterocycles. The standard InChI is InChI=1S/C17H20F3N5O2S/c1-21-16(24-11-13-4-2-5-14(10-13)17(18,19)20)23-8-9-25-28(26,27)15-6-3-7-22-12-15/h2-7,10,12,25H,8-9,11H2,1H3,(H2,21,23,24). The molecule has 0 saturated heterocycles. The maximum absolute atomic E-state index is 12.7. The number of rotatable bonds is 7. The molecule has 1 aromatic carbocycles. The molecule has 3 N–H and O–H groups in total. The zero-order valence-electron chi connectivity index (χ0n) is 15.0. The summed E-state index contributed by atoms with van der Waals surface area (Å²) < 4.78 is 64.7. The van der Waals surface area contributed by atoms with Crippen LogP contribution >= 0.6 is 0 Å². The van der Waals surface area contributed by atoms with Crippen LogP contribution in [0.1, 0.15) is 11.1 Å². The van der Waals surface area contributed by atoms with Crippen molar-refractivity contribution in [3.63, 3.8) is 0 Å². The van der Waals surface area contributed by atoms with Crippen molar-refractivity contribution in [2.24, 2.45) is 4.99 Å². The highest BCUT2D eigenvalue weighted by Crippen LogP contribution is 2.29. The molecular formula is C17H20F3N5O2S. The first-order valence-corrected chi connectivity index (χ1v) is 9.71. The fourth-order valence-electron chi connectivity index (χ4n) is 2.22. The van der Waals surface area contributed by atoms with Crippen LogP contribution in [0.15, 0.2) is 58.7 Å². The van der Waals surface area contributed by atoms with Gasteiger partial charge in [0, 0.05) is 39.1 Å². The van der Waals surface area contributed by atoms with Crippen molar-refractivity contribution >= 4 is 16.0 Å². The summed E-state index contributed by atoms with van der Waals surface area (Å²) in [5, 5.41) is 5.76. The van der Waals surface area contributed by atoms with Gasteiger partial charge in [-0.15, -0.1) is 0 Å². The zero-order chi connectivity index (χ0) is 20.6. The SMILES string of the molecule is CN=C(NCCNS(=O)(=O)c1cccnc1)NCc1cccc(C(F)(F)F)c1. The number of nitrogens with zero attached hydrogens (tertiary/aromatic N) is 2. The lowest BCUT2D eigenvalue weighted by molar-refractivity contribution is -0.137. The Kier molecular flexibility index (Phi) is 7.35. The molecule has 152 valence electrons. The number of aliphatic imine (C=N–C) groups is 1. The third-order valence-electron chi connectivity index (χ3n) is 3.59. The molecule has 7 nitrogen and oxygen atoms in total. The first-order valence-electron chi connectivity index (χ1n) is 8.23. The lowest BCUT2D eigenvalue weighted by atomic mass is 10.1. The average Bonchev–Trinajstić information content (AvgIpc) is 2.67. The summed E-state index contributed by atoms with van der Waals surface area (Å²) >= 11 is 0. The van der Waals surface area contributed by atoms with Crippen molar-refractivity contribution in [3.05, 3.63) is 59.9 Å². The molecule has 0 amide bonds. The molecule has 28 heavy (non-hydrogen) atoms. The number of benzene rings is 1. The van der Waals surface area contributed by atoms with Crippen molar-refractivity contribution in [2.45, 2.75) is 17.6 Å². The van der Waals surface area contributed by atoms with E-state index in [-0.39, 0.29) is 24.5 Å². The molecule has 11 heteroatoms. The number of pyridine rings is 1. The summed E-state index contributed by atoms with van der Waals surface area (Å²) in [6.45, 7) is 0.439. The lowest BCUT2D eigenvalue weighted by Gasteiger charge is -2.13. The number of aromatic nitrogens is 1. The van der Waals surface area contributed by atoms with Gasteiger partial charge >= 0.3 is 6.18 Å². The average molecular weight is 415 g/mol. The van der Waals surface area contributed by atoms with Gasteiger partial charge in [-0.05, 0) is 29.8 Å². The molecule has 0 unspecified atom stereocenters. The van der Waals surface area contributed by atoms with Crippen LogP contribution in [-0.2, 0) is 22.7 Å². The van der Waals surface area contributed by atoms with Gasteiger partial charge in [-0.25, -0.2) is 13.1 Å². The Bertz CT molecular complexity index is 903. The van der Waals surface area contributed by atoms with Crippen LogP contribution in [-0.4, -0.2) is 39.5 Å². The Morgan fingerprint density at radius 2 is 1.93 bits per heavy atom. The van der Waals surface area contributed by atoms with Gasteiger partial charge in [0.05, 0.1) is 5.56 Å². The fraction of sp³-hybridized carbons (Fsp3) is 0.294. The van der Waals surface area contributed by atoms with Crippen LogP contribution in [0.4, 0.5) is 13.2 Å². The van der Waals surface area contributed by atoms with Gasteiger partial charge in [-0.2, -0.15) is 13.2 Å². The van der Waals surface area contributed by atoms with Gasteiger partial charge < -0.3 is 10.6 Å². The maximum atomic E-state index is 12.7. The lowest BCUT2D eigenvalue weighted by Crippen LogP contribution is -2.41. The summed E-state index contributed by atoms with van der Waals surface area (Å²) in [4.78, 5) is 7.77. The van der Waals surface area contributed by atoms with Crippen LogP contribution in [0.2, 0.25) is 0 Å². The van der Waals surface area contributed by atoms with E-state index in [4.69, 9.17) is 0 Å². The largest absolute Gasteiger partial charge is 0.416 e. The Morgan fingerprint density at radius 1 is 1.14 bits per heavy atom. The molecule has 0 aliphatic carbocycles. The van der Waals surface area contributed by atoms with Gasteiger partial charge in [0.25, 0.3) is 0 Å². The monoisotopic (exact) mass is 415 g/mol. The number of alkyl halides is 3. The van der Waals surface area contributed by atoms with Crippen LogP contribution in [0.3, 0.4) is 0 Å². The molecule has 0 atom stereocenters. The van der Waals surface area contributed by atoms with Crippen molar-refractivity contribution in [1.29, 1.82) is 0 Å². The minimum atomic E-state index is -4.40. The fourth-order valence-corrected chi connectivity index (χ4v) is 3.21. The minimum absolute atomic E-state index is 0.0575. The highest BCUT2D eigenvalue weighted by atomic mass is 32.2. The summed E-state index contributed by atoms with van der Waals surface area (Å²) in [6.07, 6.45) is -1.69. The third-order valence-corrected chi connectivity index (χ3v) is 5.04. The Morgan fingerprint density at radius 3 is 2.57 bits per heavy atom. The second-order valence-electron chi connectivity index (χ2n) is 5.64. The van der Waals surface area contributed by atoms with E-state index in [9.17, 15) is 21.6 Å². The molecule has 0 saturated carbocycles. The van der Waals surface area contributed by atoms with Gasteiger partial charge in [-0.3, -0.25) is 9.98 Å². The predicted molar refractivity (Wildman–Crippen MR) is 99.1 cm³/mol. The van der Waals surface area contributed by atoms with Crippen LogP contribution in [0, 0.1) is 0 Å². The van der Waals surface area contributed by atoms with E-state index in [0.717, 1.165) is 12.1 Å². The Balaban J connectivity index is 1.81. The first-order chi connectivity index (χ1) is 13.2. The minimum Gasteiger partial charge on any atom is -0.355 e. The molecule has 0 radical (unpaired) electrons. The normalized spacial score (nSPS) is 12.6. The summed E-state index contributed by atoms with van der Waals surface area (Å²) in [5.74, 6) is 0.331. The molecule has 2 aromatic rings. The van der Waals surface area contributed by atoms with E-state index in [2.05, 4.69) is 25.3 Å². The number of halogens is 3. The highest BCUT2D eigenvalue weighted by Gasteiger charge is 2.30. The number of sulfonamides is 1. The quantitative estimate of drug-likeness (QED) is 0.364. The zero-order valence-corrected chi connectivity index (χ0v) is 15.8. The van der Waals surface area contributed by atoms with Gasteiger partial charge in [0.1, 0.15) is 4.90 Å². The van der Waals surface area contributed by atoms with E-state index in [0.29, 0.717) is 11.5 Å². The van der Waals surface area contributed by atoms with Crippen LogP contribution in [0.25, 0.3) is 0 Å². The predicted octanol–water partition coefficient (Wildman–Crippen LogP) is 1.74. The van der Waals surface area contributed by atoms with E-state index >= 15 is 0 Å². The smallest absolute Gasteiger partial charge is 0.355 e. The number of hydrogen-bond acceptors (Lipinski definition) is 4. The topological polar surface area (TPSA) is 95.5 Å². The molecule has 1 aromatic heterocycles. The van der Waals surface area contributed by atoms with Crippen molar-refractivity contribution < 1.29 is 21.6 Å². The summed E-state index contributed by atoms with van der Waals surface area (Å²) in [7, 11) is -2.16. The van der Waals surface area contributed by atoms with E-state index < -0.39 is 21.8 Å². The molecule has 0 bridgehead atoms. The first kappa shape index (κ1) is 21.6. The number of hydrogen-bond donors (Lipinski definition) is 3. The molecule has 0 fully saturated rings. The highest BCUT2D eigenvalue weighted by molar-refractivity contribution is 7.89. The molecule has 0 spiro atoms. The van der Waals surface area contributed by atoms with Crippen molar-refractivity contribution in [1.82, 2.24) is 20.3 Å². The molecule has 1 heterocycles.